The first-order valence-corrected chi connectivity index (χ1v) is 22.7. The molecule has 0 bridgehead atoms. The number of carbonyl (C=O) groups excluding carboxylic acids is 2. The largest absolute Gasteiger partial charge is 0.480 e. The standard InChI is InChI=1S/C43H76NO10P/c1-3-5-7-9-11-13-15-17-18-19-20-21-23-24-26-28-30-32-34-41(45)51-36-39(37-52-55(49,50)53-38-40(44)43(47)48)54-42(46)35-33-31-29-27-25-22-16-14-12-10-8-6-4-2/h6,8,10,12,14,16,22,25,39-40H,3-5,7,9,11,13,15,17-21,23-24,26-38,44H2,1-2H3,(H,47,48)(H,49,50)/b8-6+,12-10+,16-14+,25-22+/t39?,40-/m1/s1. The van der Waals surface area contributed by atoms with Crippen LogP contribution in [0.4, 0.5) is 0 Å². The molecule has 0 aliphatic heterocycles. The second kappa shape index (κ2) is 38.3. The Balaban J connectivity index is 4.37. The Morgan fingerprint density at radius 3 is 1.53 bits per heavy atom. The van der Waals surface area contributed by atoms with Gasteiger partial charge in [-0.15, -0.1) is 0 Å². The van der Waals surface area contributed by atoms with Crippen molar-refractivity contribution in [3.05, 3.63) is 48.6 Å². The third kappa shape index (κ3) is 38.1. The molecule has 0 saturated heterocycles. The number of aliphatic carboxylic acids is 1. The van der Waals surface area contributed by atoms with Gasteiger partial charge in [-0.25, -0.2) is 4.57 Å². The van der Waals surface area contributed by atoms with E-state index in [2.05, 4.69) is 30.5 Å². The van der Waals surface area contributed by atoms with E-state index in [-0.39, 0.29) is 19.4 Å². The Bertz CT molecular complexity index is 1120. The van der Waals surface area contributed by atoms with Gasteiger partial charge in [0.1, 0.15) is 12.6 Å². The number of phosphoric acid groups is 1. The van der Waals surface area contributed by atoms with Crippen LogP contribution in [-0.2, 0) is 37.5 Å². The Morgan fingerprint density at radius 1 is 0.582 bits per heavy atom. The van der Waals surface area contributed by atoms with Gasteiger partial charge in [-0.1, -0.05) is 178 Å². The summed E-state index contributed by atoms with van der Waals surface area (Å²) in [7, 11) is -4.72. The Labute approximate surface area is 333 Å². The van der Waals surface area contributed by atoms with Crippen molar-refractivity contribution in [1.82, 2.24) is 0 Å². The van der Waals surface area contributed by atoms with Crippen molar-refractivity contribution in [2.75, 3.05) is 19.8 Å². The lowest BCUT2D eigenvalue weighted by Crippen LogP contribution is -2.34. The molecule has 0 radical (unpaired) electrons. The lowest BCUT2D eigenvalue weighted by atomic mass is 10.0. The fourth-order valence-electron chi connectivity index (χ4n) is 5.60. The van der Waals surface area contributed by atoms with Gasteiger partial charge in [0.15, 0.2) is 6.10 Å². The van der Waals surface area contributed by atoms with Crippen molar-refractivity contribution in [3.63, 3.8) is 0 Å². The van der Waals surface area contributed by atoms with E-state index in [1.165, 1.54) is 89.9 Å². The maximum atomic E-state index is 12.6. The Hall–Kier alpha value is -2.56. The van der Waals surface area contributed by atoms with Crippen molar-refractivity contribution in [2.24, 2.45) is 5.73 Å². The van der Waals surface area contributed by atoms with E-state index in [4.69, 9.17) is 24.8 Å². The molecule has 318 valence electrons. The minimum Gasteiger partial charge on any atom is -0.480 e. The van der Waals surface area contributed by atoms with Crippen molar-refractivity contribution >= 4 is 25.7 Å². The lowest BCUT2D eigenvalue weighted by molar-refractivity contribution is -0.161. The van der Waals surface area contributed by atoms with E-state index in [9.17, 15) is 23.8 Å². The van der Waals surface area contributed by atoms with E-state index in [0.717, 1.165) is 44.9 Å². The number of carboxylic acids is 1. The molecule has 11 nitrogen and oxygen atoms in total. The van der Waals surface area contributed by atoms with Crippen molar-refractivity contribution in [2.45, 2.75) is 187 Å². The van der Waals surface area contributed by atoms with Gasteiger partial charge < -0.3 is 25.2 Å². The number of allylic oxidation sites excluding steroid dienone is 8. The summed E-state index contributed by atoms with van der Waals surface area (Å²) in [5.41, 5.74) is 5.32. The van der Waals surface area contributed by atoms with Crippen LogP contribution in [0.2, 0.25) is 0 Å². The molecule has 55 heavy (non-hydrogen) atoms. The van der Waals surface area contributed by atoms with E-state index in [1.807, 2.05) is 36.5 Å². The molecular formula is C43H76NO10P. The highest BCUT2D eigenvalue weighted by atomic mass is 31.2. The number of carbonyl (C=O) groups is 3. The highest BCUT2D eigenvalue weighted by Crippen LogP contribution is 2.43. The number of phosphoric ester groups is 1. The quantitative estimate of drug-likeness (QED) is 0.0234. The molecule has 0 aromatic rings. The van der Waals surface area contributed by atoms with Gasteiger partial charge in [-0.3, -0.25) is 23.4 Å². The average molecular weight is 798 g/mol. The average Bonchev–Trinajstić information content (AvgIpc) is 3.16. The summed E-state index contributed by atoms with van der Waals surface area (Å²) in [5.74, 6) is -2.43. The lowest BCUT2D eigenvalue weighted by Gasteiger charge is -2.20. The zero-order valence-corrected chi connectivity index (χ0v) is 35.2. The molecule has 12 heteroatoms. The normalized spacial score (nSPS) is 14.3. The first-order valence-electron chi connectivity index (χ1n) is 21.2. The van der Waals surface area contributed by atoms with Crippen molar-refractivity contribution < 1.29 is 47.5 Å². The second-order valence-electron chi connectivity index (χ2n) is 14.2. The highest BCUT2D eigenvalue weighted by molar-refractivity contribution is 7.47. The molecule has 3 atom stereocenters. The maximum absolute atomic E-state index is 12.6. The molecule has 0 aromatic heterocycles. The number of carboxylic acid groups (broad SMARTS) is 1. The molecule has 2 unspecified atom stereocenters. The summed E-state index contributed by atoms with van der Waals surface area (Å²) in [5, 5.41) is 8.88. The monoisotopic (exact) mass is 798 g/mol. The maximum Gasteiger partial charge on any atom is 0.472 e. The van der Waals surface area contributed by atoms with Crippen LogP contribution in [0.1, 0.15) is 174 Å². The number of ether oxygens (including phenoxy) is 2. The van der Waals surface area contributed by atoms with Crippen LogP contribution in [-0.4, -0.2) is 59.9 Å². The number of esters is 2. The van der Waals surface area contributed by atoms with Gasteiger partial charge in [0.25, 0.3) is 0 Å². The summed E-state index contributed by atoms with van der Waals surface area (Å²) in [4.78, 5) is 45.9. The first kappa shape index (κ1) is 52.4. The topological polar surface area (TPSA) is 172 Å². The first-order chi connectivity index (χ1) is 26.6. The molecule has 0 aromatic carbocycles. The molecule has 4 N–H and O–H groups in total. The van der Waals surface area contributed by atoms with E-state index < -0.39 is 51.1 Å². The third-order valence-corrected chi connectivity index (χ3v) is 9.89. The highest BCUT2D eigenvalue weighted by Gasteiger charge is 2.28. The van der Waals surface area contributed by atoms with Crippen LogP contribution in [0.15, 0.2) is 48.6 Å². The minimum atomic E-state index is -4.72. The molecule has 0 rings (SSSR count). The fourth-order valence-corrected chi connectivity index (χ4v) is 6.38. The van der Waals surface area contributed by atoms with Crippen LogP contribution in [0.5, 0.6) is 0 Å². The fraction of sp³-hybridized carbons (Fsp3) is 0.744. The van der Waals surface area contributed by atoms with Gasteiger partial charge in [0, 0.05) is 12.8 Å². The molecular weight excluding hydrogens is 721 g/mol. The smallest absolute Gasteiger partial charge is 0.472 e. The molecule has 0 saturated carbocycles. The van der Waals surface area contributed by atoms with Crippen LogP contribution in [0.25, 0.3) is 0 Å². The van der Waals surface area contributed by atoms with E-state index >= 15 is 0 Å². The van der Waals surface area contributed by atoms with Crippen LogP contribution in [0.3, 0.4) is 0 Å². The van der Waals surface area contributed by atoms with Gasteiger partial charge in [0.05, 0.1) is 13.2 Å². The molecule has 0 heterocycles. The second-order valence-corrected chi connectivity index (χ2v) is 15.6. The number of hydrogen-bond acceptors (Lipinski definition) is 9. The predicted octanol–water partition coefficient (Wildman–Crippen LogP) is 11.0. The molecule has 0 spiro atoms. The minimum absolute atomic E-state index is 0.115. The van der Waals surface area contributed by atoms with Crippen LogP contribution < -0.4 is 5.73 Å². The number of unbranched alkanes of at least 4 members (excludes halogenated alkanes) is 20. The van der Waals surface area contributed by atoms with E-state index in [1.54, 1.807) is 0 Å². The van der Waals surface area contributed by atoms with Crippen molar-refractivity contribution in [1.29, 1.82) is 0 Å². The summed E-state index contributed by atoms with van der Waals surface area (Å²) in [6, 6.07) is -1.53. The number of rotatable bonds is 39. The zero-order chi connectivity index (χ0) is 40.7. The summed E-state index contributed by atoms with van der Waals surface area (Å²) in [6.45, 7) is 2.62. The van der Waals surface area contributed by atoms with Crippen LogP contribution in [0, 0.1) is 0 Å². The number of nitrogens with two attached hydrogens (primary N) is 1. The van der Waals surface area contributed by atoms with Gasteiger partial charge in [-0.2, -0.15) is 0 Å². The third-order valence-electron chi connectivity index (χ3n) is 8.94. The van der Waals surface area contributed by atoms with Gasteiger partial charge >= 0.3 is 25.7 Å². The Kier molecular flexibility index (Phi) is 36.5. The van der Waals surface area contributed by atoms with E-state index in [0.29, 0.717) is 12.8 Å². The predicted molar refractivity (Wildman–Crippen MR) is 222 cm³/mol. The summed E-state index contributed by atoms with van der Waals surface area (Å²) >= 11 is 0. The zero-order valence-electron chi connectivity index (χ0n) is 34.3. The Morgan fingerprint density at radius 2 is 1.02 bits per heavy atom. The molecule has 0 amide bonds. The molecule has 0 aliphatic carbocycles. The number of hydrogen-bond donors (Lipinski definition) is 3. The van der Waals surface area contributed by atoms with Gasteiger partial charge in [0.2, 0.25) is 0 Å². The van der Waals surface area contributed by atoms with Crippen molar-refractivity contribution in [3.8, 4) is 0 Å². The molecule has 0 aliphatic rings. The summed E-state index contributed by atoms with van der Waals surface area (Å²) in [6.07, 6.45) is 41.9. The molecule has 0 fully saturated rings. The van der Waals surface area contributed by atoms with Crippen LogP contribution >= 0.6 is 7.82 Å². The van der Waals surface area contributed by atoms with Gasteiger partial charge in [-0.05, 0) is 32.1 Å². The summed E-state index contributed by atoms with van der Waals surface area (Å²) < 4.78 is 32.6. The SMILES string of the molecule is CC/C=C/C=C/C=C/C=C/CCCCCC(=O)OC(COC(=O)CCCCCCCCCCCCCCCCCCCC)COP(=O)(O)OC[C@@H](N)C(=O)O.